The van der Waals surface area contributed by atoms with Gasteiger partial charge in [-0.15, -0.1) is 11.8 Å². The number of hydrogen-bond donors (Lipinski definition) is 1. The fourth-order valence-corrected chi connectivity index (χ4v) is 4.36. The Kier molecular flexibility index (Phi) is 4.13. The molecule has 2 atom stereocenters. The van der Waals surface area contributed by atoms with Crippen LogP contribution >= 0.6 is 11.8 Å². The molecule has 0 saturated carbocycles. The molecule has 0 amide bonds. The third-order valence-corrected chi connectivity index (χ3v) is 5.44. The minimum Gasteiger partial charge on any atom is -0.316 e. The molecule has 1 aliphatic heterocycles. The maximum Gasteiger partial charge on any atom is 0.0521 e. The number of nitrogens with one attached hydrogen (secondary N) is 1. The number of hydrogen-bond acceptors (Lipinski definition) is 3. The van der Waals surface area contributed by atoms with Crippen LogP contribution in [0, 0.1) is 0 Å². The van der Waals surface area contributed by atoms with Crippen molar-refractivity contribution in [3.8, 4) is 0 Å². The van der Waals surface area contributed by atoms with Crippen LogP contribution in [0.25, 0.3) is 0 Å². The Hall–Kier alpha value is -1.26. The summed E-state index contributed by atoms with van der Waals surface area (Å²) < 4.78 is 1.88. The van der Waals surface area contributed by atoms with E-state index < -0.39 is 0 Å². The van der Waals surface area contributed by atoms with E-state index in [1.807, 2.05) is 29.7 Å². The standard InChI is InChI=1S/C16H21N3S/c1-17-14(8-7-12-10-18-19(2)11-12)16-9-13-5-3-4-6-15(13)20-16/h3-6,10-11,14,16-17H,7-9H2,1-2H3. The summed E-state index contributed by atoms with van der Waals surface area (Å²) in [6.07, 6.45) is 7.52. The first-order chi connectivity index (χ1) is 9.76. The zero-order valence-electron chi connectivity index (χ0n) is 12.0. The molecule has 3 rings (SSSR count). The van der Waals surface area contributed by atoms with Crippen molar-refractivity contribution >= 4 is 11.8 Å². The highest BCUT2D eigenvalue weighted by Gasteiger charge is 2.28. The SMILES string of the molecule is CNC(CCc1cnn(C)c1)C1Cc2ccccc2S1. The first kappa shape index (κ1) is 13.7. The van der Waals surface area contributed by atoms with Crippen LogP contribution in [0.4, 0.5) is 0 Å². The molecule has 0 spiro atoms. The fourth-order valence-electron chi connectivity index (χ4n) is 2.87. The van der Waals surface area contributed by atoms with Crippen molar-refractivity contribution in [3.63, 3.8) is 0 Å². The lowest BCUT2D eigenvalue weighted by Gasteiger charge is -2.22. The van der Waals surface area contributed by atoms with Crippen LogP contribution in [-0.4, -0.2) is 28.1 Å². The number of fused-ring (bicyclic) bond motifs is 1. The Morgan fingerprint density at radius 3 is 3.00 bits per heavy atom. The molecule has 20 heavy (non-hydrogen) atoms. The van der Waals surface area contributed by atoms with Crippen LogP contribution in [0.3, 0.4) is 0 Å². The molecule has 0 bridgehead atoms. The first-order valence-corrected chi connectivity index (χ1v) is 8.03. The third kappa shape index (κ3) is 2.91. The Morgan fingerprint density at radius 1 is 1.45 bits per heavy atom. The van der Waals surface area contributed by atoms with Crippen LogP contribution < -0.4 is 5.32 Å². The highest BCUT2D eigenvalue weighted by Crippen LogP contribution is 2.39. The van der Waals surface area contributed by atoms with Gasteiger partial charge in [0.1, 0.15) is 0 Å². The largest absolute Gasteiger partial charge is 0.316 e. The Balaban J connectivity index is 1.61. The van der Waals surface area contributed by atoms with E-state index in [-0.39, 0.29) is 0 Å². The molecule has 1 aliphatic rings. The molecule has 4 heteroatoms. The first-order valence-electron chi connectivity index (χ1n) is 7.15. The molecular formula is C16H21N3S. The van der Waals surface area contributed by atoms with E-state index in [0.29, 0.717) is 11.3 Å². The van der Waals surface area contributed by atoms with E-state index in [0.717, 1.165) is 12.8 Å². The second-order valence-corrected chi connectivity index (χ2v) is 6.71. The number of aromatic nitrogens is 2. The number of aryl methyl sites for hydroxylation is 2. The van der Waals surface area contributed by atoms with Gasteiger partial charge < -0.3 is 5.32 Å². The van der Waals surface area contributed by atoms with Crippen molar-refractivity contribution in [1.29, 1.82) is 0 Å². The summed E-state index contributed by atoms with van der Waals surface area (Å²) in [6, 6.07) is 9.33. The highest BCUT2D eigenvalue weighted by molar-refractivity contribution is 8.00. The number of benzene rings is 1. The van der Waals surface area contributed by atoms with Gasteiger partial charge in [-0.05, 0) is 43.5 Å². The predicted molar refractivity (Wildman–Crippen MR) is 84.2 cm³/mol. The monoisotopic (exact) mass is 287 g/mol. The summed E-state index contributed by atoms with van der Waals surface area (Å²) in [6.45, 7) is 0. The maximum absolute atomic E-state index is 4.24. The topological polar surface area (TPSA) is 29.9 Å². The average Bonchev–Trinajstić information content (AvgIpc) is 3.05. The summed E-state index contributed by atoms with van der Waals surface area (Å²) in [5.74, 6) is 0. The second kappa shape index (κ2) is 6.02. The predicted octanol–water partition coefficient (Wildman–Crippen LogP) is 2.66. The van der Waals surface area contributed by atoms with Crippen molar-refractivity contribution in [2.24, 2.45) is 7.05 Å². The van der Waals surface area contributed by atoms with Crippen LogP contribution in [0.1, 0.15) is 17.5 Å². The van der Waals surface area contributed by atoms with Crippen molar-refractivity contribution in [2.75, 3.05) is 7.05 Å². The molecule has 2 heterocycles. The van der Waals surface area contributed by atoms with Crippen LogP contribution in [0.5, 0.6) is 0 Å². The normalized spacial score (nSPS) is 19.0. The van der Waals surface area contributed by atoms with E-state index in [1.54, 1.807) is 0 Å². The quantitative estimate of drug-likeness (QED) is 0.917. The summed E-state index contributed by atoms with van der Waals surface area (Å²) in [5, 5.41) is 8.40. The lowest BCUT2D eigenvalue weighted by Crippen LogP contribution is -2.36. The van der Waals surface area contributed by atoms with Crippen LogP contribution in [0.2, 0.25) is 0 Å². The number of nitrogens with zero attached hydrogens (tertiary/aromatic N) is 2. The molecule has 0 radical (unpaired) electrons. The Bertz CT molecular complexity index is 554. The van der Waals surface area contributed by atoms with Crippen molar-refractivity contribution < 1.29 is 0 Å². The van der Waals surface area contributed by atoms with Gasteiger partial charge >= 0.3 is 0 Å². The molecule has 0 aliphatic carbocycles. The fraction of sp³-hybridized carbons (Fsp3) is 0.438. The summed E-state index contributed by atoms with van der Waals surface area (Å²) >= 11 is 2.03. The van der Waals surface area contributed by atoms with Gasteiger partial charge in [-0.1, -0.05) is 18.2 Å². The molecule has 106 valence electrons. The zero-order valence-corrected chi connectivity index (χ0v) is 12.9. The smallest absolute Gasteiger partial charge is 0.0521 e. The van der Waals surface area contributed by atoms with E-state index in [1.165, 1.54) is 22.4 Å². The second-order valence-electron chi connectivity index (χ2n) is 5.42. The molecule has 2 aromatic rings. The number of rotatable bonds is 5. The van der Waals surface area contributed by atoms with Gasteiger partial charge in [-0.2, -0.15) is 5.10 Å². The van der Waals surface area contributed by atoms with Gasteiger partial charge in [0.05, 0.1) is 6.20 Å². The Morgan fingerprint density at radius 2 is 2.30 bits per heavy atom. The van der Waals surface area contributed by atoms with Gasteiger partial charge in [-0.3, -0.25) is 4.68 Å². The molecule has 1 aromatic carbocycles. The number of thioether (sulfide) groups is 1. The molecule has 0 saturated heterocycles. The maximum atomic E-state index is 4.24. The average molecular weight is 287 g/mol. The molecule has 1 N–H and O–H groups in total. The van der Waals surface area contributed by atoms with E-state index in [2.05, 4.69) is 47.9 Å². The zero-order chi connectivity index (χ0) is 13.9. The van der Waals surface area contributed by atoms with Gasteiger partial charge in [0.25, 0.3) is 0 Å². The minimum atomic E-state index is 0.549. The highest BCUT2D eigenvalue weighted by atomic mass is 32.2. The lowest BCUT2D eigenvalue weighted by molar-refractivity contribution is 0.504. The van der Waals surface area contributed by atoms with Gasteiger partial charge in [0, 0.05) is 29.4 Å². The van der Waals surface area contributed by atoms with Crippen molar-refractivity contribution in [2.45, 2.75) is 35.4 Å². The van der Waals surface area contributed by atoms with E-state index in [4.69, 9.17) is 0 Å². The van der Waals surface area contributed by atoms with Crippen LogP contribution in [0.15, 0.2) is 41.6 Å². The summed E-state index contributed by atoms with van der Waals surface area (Å²) in [4.78, 5) is 1.46. The molecule has 1 aromatic heterocycles. The van der Waals surface area contributed by atoms with Gasteiger partial charge in [-0.25, -0.2) is 0 Å². The van der Waals surface area contributed by atoms with Gasteiger partial charge in [0.15, 0.2) is 0 Å². The summed E-state index contributed by atoms with van der Waals surface area (Å²) in [5.41, 5.74) is 2.83. The van der Waals surface area contributed by atoms with Gasteiger partial charge in [0.2, 0.25) is 0 Å². The minimum absolute atomic E-state index is 0.549. The van der Waals surface area contributed by atoms with Crippen molar-refractivity contribution in [3.05, 3.63) is 47.8 Å². The van der Waals surface area contributed by atoms with Crippen molar-refractivity contribution in [1.82, 2.24) is 15.1 Å². The molecule has 0 fully saturated rings. The lowest BCUT2D eigenvalue weighted by atomic mass is 10.00. The van der Waals surface area contributed by atoms with E-state index in [9.17, 15) is 0 Å². The van der Waals surface area contributed by atoms with Crippen LogP contribution in [-0.2, 0) is 19.9 Å². The third-order valence-electron chi connectivity index (χ3n) is 3.99. The summed E-state index contributed by atoms with van der Waals surface area (Å²) in [7, 11) is 4.06. The van der Waals surface area contributed by atoms with E-state index >= 15 is 0 Å². The molecule has 3 nitrogen and oxygen atoms in total. The molecule has 2 unspecified atom stereocenters. The Labute approximate surface area is 124 Å². The molecular weight excluding hydrogens is 266 g/mol.